The highest BCUT2D eigenvalue weighted by Crippen LogP contribution is 2.35. The summed E-state index contributed by atoms with van der Waals surface area (Å²) < 4.78 is 27.6. The number of hydrogen-bond donors (Lipinski definition) is 1. The molecule has 0 fully saturated rings. The van der Waals surface area contributed by atoms with Gasteiger partial charge in [-0.25, -0.2) is 13.2 Å². The first kappa shape index (κ1) is 19.7. The van der Waals surface area contributed by atoms with Gasteiger partial charge in [0, 0.05) is 24.3 Å². The number of nitro benzene ring substituents is 1. The average Bonchev–Trinajstić information content (AvgIpc) is 2.68. The van der Waals surface area contributed by atoms with Crippen LogP contribution in [-0.4, -0.2) is 35.3 Å². The van der Waals surface area contributed by atoms with Crippen molar-refractivity contribution in [3.8, 4) is 0 Å². The summed E-state index contributed by atoms with van der Waals surface area (Å²) in [5.41, 5.74) is 1.54. The molecule has 0 bridgehead atoms. The van der Waals surface area contributed by atoms with Crippen LogP contribution in [0.3, 0.4) is 0 Å². The fourth-order valence-electron chi connectivity index (χ4n) is 3.09. The molecule has 8 nitrogen and oxygen atoms in total. The van der Waals surface area contributed by atoms with E-state index in [4.69, 9.17) is 0 Å². The average molecular weight is 402 g/mol. The molecule has 0 aliphatic carbocycles. The molecule has 9 heteroatoms. The molecule has 1 N–H and O–H groups in total. The van der Waals surface area contributed by atoms with E-state index in [-0.39, 0.29) is 29.1 Å². The lowest BCUT2D eigenvalue weighted by Gasteiger charge is -2.34. The van der Waals surface area contributed by atoms with Crippen LogP contribution in [0.5, 0.6) is 0 Å². The Morgan fingerprint density at radius 1 is 1.14 bits per heavy atom. The van der Waals surface area contributed by atoms with Crippen LogP contribution >= 0.6 is 0 Å². The summed E-state index contributed by atoms with van der Waals surface area (Å²) in [6.07, 6.45) is 1.76. The molecule has 146 valence electrons. The Balaban J connectivity index is 2.04. The summed E-state index contributed by atoms with van der Waals surface area (Å²) in [7, 11) is -4.07. The molecule has 1 unspecified atom stereocenters. The van der Waals surface area contributed by atoms with Crippen molar-refractivity contribution in [1.82, 2.24) is 4.31 Å². The predicted molar refractivity (Wildman–Crippen MR) is 101 cm³/mol. The van der Waals surface area contributed by atoms with Crippen molar-refractivity contribution in [1.29, 1.82) is 0 Å². The molecule has 0 saturated carbocycles. The van der Waals surface area contributed by atoms with Crippen LogP contribution in [0.15, 0.2) is 65.1 Å². The van der Waals surface area contributed by atoms with Crippen LogP contribution in [0.1, 0.15) is 23.6 Å². The Morgan fingerprint density at radius 3 is 2.29 bits per heavy atom. The van der Waals surface area contributed by atoms with E-state index in [1.165, 1.54) is 18.2 Å². The maximum atomic E-state index is 13.2. The lowest BCUT2D eigenvalue weighted by Crippen LogP contribution is -2.39. The maximum absolute atomic E-state index is 13.2. The number of non-ortho nitro benzene ring substituents is 1. The summed E-state index contributed by atoms with van der Waals surface area (Å²) in [4.78, 5) is 21.5. The smallest absolute Gasteiger partial charge is 0.332 e. The van der Waals surface area contributed by atoms with E-state index in [9.17, 15) is 28.4 Å². The number of carboxylic acid groups (broad SMARTS) is 1. The standard InChI is InChI=1S/C19H18N2O6S/c1-13-2-4-14(5-3-13)18-11-6-15(19(22)23)12-20(18)28(26,27)17-9-7-16(8-10-17)21(24)25/h2-10,18H,11-12H2,1H3,(H,22,23). The number of benzene rings is 2. The number of hydrogen-bond acceptors (Lipinski definition) is 5. The van der Waals surface area contributed by atoms with Gasteiger partial charge < -0.3 is 5.11 Å². The fourth-order valence-corrected chi connectivity index (χ4v) is 4.69. The van der Waals surface area contributed by atoms with Gasteiger partial charge in [-0.05, 0) is 31.0 Å². The van der Waals surface area contributed by atoms with Crippen LogP contribution in [0.2, 0.25) is 0 Å². The first-order chi connectivity index (χ1) is 13.2. The van der Waals surface area contributed by atoms with Crippen molar-refractivity contribution in [3.63, 3.8) is 0 Å². The molecule has 0 aromatic heterocycles. The number of aliphatic carboxylic acids is 1. The van der Waals surface area contributed by atoms with Gasteiger partial charge in [-0.1, -0.05) is 35.9 Å². The molecular weight excluding hydrogens is 384 g/mol. The minimum Gasteiger partial charge on any atom is -0.478 e. The molecule has 28 heavy (non-hydrogen) atoms. The van der Waals surface area contributed by atoms with Gasteiger partial charge >= 0.3 is 5.97 Å². The Kier molecular flexibility index (Phi) is 5.30. The molecule has 2 aromatic rings. The van der Waals surface area contributed by atoms with E-state index < -0.39 is 27.0 Å². The number of carbonyl (C=O) groups is 1. The van der Waals surface area contributed by atoms with Gasteiger partial charge in [-0.3, -0.25) is 10.1 Å². The highest BCUT2D eigenvalue weighted by Gasteiger charge is 2.36. The molecule has 0 saturated heterocycles. The second-order valence-corrected chi connectivity index (χ2v) is 8.39. The largest absolute Gasteiger partial charge is 0.478 e. The van der Waals surface area contributed by atoms with E-state index in [2.05, 4.69) is 0 Å². The molecule has 0 radical (unpaired) electrons. The Hall–Kier alpha value is -3.04. The number of carboxylic acids is 1. The van der Waals surface area contributed by atoms with E-state index >= 15 is 0 Å². The van der Waals surface area contributed by atoms with E-state index in [1.807, 2.05) is 31.2 Å². The zero-order valence-electron chi connectivity index (χ0n) is 15.0. The minimum atomic E-state index is -4.07. The molecule has 1 heterocycles. The monoisotopic (exact) mass is 402 g/mol. The van der Waals surface area contributed by atoms with Crippen LogP contribution in [0, 0.1) is 17.0 Å². The van der Waals surface area contributed by atoms with Gasteiger partial charge in [-0.2, -0.15) is 4.31 Å². The summed E-state index contributed by atoms with van der Waals surface area (Å²) >= 11 is 0. The van der Waals surface area contributed by atoms with Crippen LogP contribution in [-0.2, 0) is 14.8 Å². The number of nitrogens with zero attached hydrogens (tertiary/aromatic N) is 2. The second-order valence-electron chi connectivity index (χ2n) is 6.50. The van der Waals surface area contributed by atoms with Crippen molar-refractivity contribution in [2.24, 2.45) is 0 Å². The lowest BCUT2D eigenvalue weighted by atomic mass is 9.97. The zero-order chi connectivity index (χ0) is 20.5. The Bertz CT molecular complexity index is 1040. The molecule has 3 rings (SSSR count). The molecule has 1 aliphatic heterocycles. The Morgan fingerprint density at radius 2 is 1.75 bits per heavy atom. The van der Waals surface area contributed by atoms with Gasteiger partial charge in [0.1, 0.15) is 0 Å². The van der Waals surface area contributed by atoms with E-state index in [1.54, 1.807) is 0 Å². The Labute approximate surface area is 161 Å². The first-order valence-electron chi connectivity index (χ1n) is 8.45. The van der Waals surface area contributed by atoms with Gasteiger partial charge in [0.2, 0.25) is 10.0 Å². The van der Waals surface area contributed by atoms with Gasteiger partial charge in [0.05, 0.1) is 15.9 Å². The molecule has 2 aromatic carbocycles. The molecular formula is C19H18N2O6S. The number of nitro groups is 1. The van der Waals surface area contributed by atoms with Crippen molar-refractivity contribution in [2.75, 3.05) is 6.54 Å². The van der Waals surface area contributed by atoms with E-state index in [0.29, 0.717) is 0 Å². The SMILES string of the molecule is Cc1ccc(C2CC=C(C(=O)O)CN2S(=O)(=O)c2ccc([N+](=O)[O-])cc2)cc1. The molecule has 0 amide bonds. The van der Waals surface area contributed by atoms with Crippen LogP contribution < -0.4 is 0 Å². The second kappa shape index (κ2) is 7.53. The van der Waals surface area contributed by atoms with Gasteiger partial charge in [0.25, 0.3) is 5.69 Å². The van der Waals surface area contributed by atoms with Crippen molar-refractivity contribution < 1.29 is 23.2 Å². The van der Waals surface area contributed by atoms with E-state index in [0.717, 1.165) is 27.6 Å². The summed E-state index contributed by atoms with van der Waals surface area (Å²) in [5, 5.41) is 20.1. The highest BCUT2D eigenvalue weighted by molar-refractivity contribution is 7.89. The van der Waals surface area contributed by atoms with Crippen molar-refractivity contribution in [3.05, 3.63) is 81.4 Å². The van der Waals surface area contributed by atoms with Crippen molar-refractivity contribution in [2.45, 2.75) is 24.3 Å². The fraction of sp³-hybridized carbons (Fsp3) is 0.211. The summed E-state index contributed by atoms with van der Waals surface area (Å²) in [6.45, 7) is 1.63. The van der Waals surface area contributed by atoms with Crippen molar-refractivity contribution >= 4 is 21.7 Å². The maximum Gasteiger partial charge on any atom is 0.332 e. The molecule has 1 aliphatic rings. The number of aryl methyl sites for hydroxylation is 1. The van der Waals surface area contributed by atoms with Crippen LogP contribution in [0.25, 0.3) is 0 Å². The first-order valence-corrected chi connectivity index (χ1v) is 9.89. The summed E-state index contributed by atoms with van der Waals surface area (Å²) in [5.74, 6) is -1.17. The third kappa shape index (κ3) is 3.80. The zero-order valence-corrected chi connectivity index (χ0v) is 15.8. The van der Waals surface area contributed by atoms with Gasteiger partial charge in [-0.15, -0.1) is 0 Å². The minimum absolute atomic E-state index is 0.00570. The lowest BCUT2D eigenvalue weighted by molar-refractivity contribution is -0.384. The number of sulfonamides is 1. The third-order valence-corrected chi connectivity index (χ3v) is 6.52. The van der Waals surface area contributed by atoms with Gasteiger partial charge in [0.15, 0.2) is 0 Å². The highest BCUT2D eigenvalue weighted by atomic mass is 32.2. The quantitative estimate of drug-likeness (QED) is 0.607. The van der Waals surface area contributed by atoms with Crippen LogP contribution in [0.4, 0.5) is 5.69 Å². The molecule has 0 spiro atoms. The predicted octanol–water partition coefficient (Wildman–Crippen LogP) is 3.05. The topological polar surface area (TPSA) is 118 Å². The summed E-state index contributed by atoms with van der Waals surface area (Å²) in [6, 6.07) is 11.4. The number of rotatable bonds is 5. The molecule has 1 atom stereocenters. The third-order valence-electron chi connectivity index (χ3n) is 4.65. The normalized spacial score (nSPS) is 17.8.